The molecule has 102 valence electrons. The lowest BCUT2D eigenvalue weighted by Crippen LogP contribution is -2.08. The fourth-order valence-corrected chi connectivity index (χ4v) is 2.72. The van der Waals surface area contributed by atoms with Crippen LogP contribution in [0.3, 0.4) is 0 Å². The van der Waals surface area contributed by atoms with Crippen LogP contribution in [-0.4, -0.2) is 0 Å². The van der Waals surface area contributed by atoms with Gasteiger partial charge in [-0.2, -0.15) is 0 Å². The first-order chi connectivity index (χ1) is 8.88. The minimum Gasteiger partial charge on any atom is -0.466 e. The van der Waals surface area contributed by atoms with Crippen molar-refractivity contribution in [3.05, 3.63) is 45.3 Å². The monoisotopic (exact) mass is 298 g/mol. The highest BCUT2D eigenvalue weighted by Crippen LogP contribution is 2.36. The first kappa shape index (κ1) is 14.1. The van der Waals surface area contributed by atoms with Gasteiger partial charge in [-0.25, -0.2) is 0 Å². The standard InChI is InChI=1S/C14H16Cl2N2O/c1-7-4-11(9(3)19-7)8(2)18-14-12(15)5-10(17)6-13(14)16/h4-6,8,18H,17H2,1-3H3. The SMILES string of the molecule is Cc1cc(C(C)Nc2c(Cl)cc(N)cc2Cl)c(C)o1. The summed E-state index contributed by atoms with van der Waals surface area (Å²) in [6.45, 7) is 5.89. The third-order valence-corrected chi connectivity index (χ3v) is 3.57. The summed E-state index contributed by atoms with van der Waals surface area (Å²) in [4.78, 5) is 0. The molecular weight excluding hydrogens is 283 g/mol. The number of nitrogens with one attached hydrogen (secondary N) is 1. The van der Waals surface area contributed by atoms with Crippen LogP contribution >= 0.6 is 23.2 Å². The number of nitrogens with two attached hydrogens (primary N) is 1. The van der Waals surface area contributed by atoms with E-state index < -0.39 is 0 Å². The van der Waals surface area contributed by atoms with Crippen molar-refractivity contribution < 1.29 is 4.42 Å². The number of furan rings is 1. The predicted molar refractivity (Wildman–Crippen MR) is 81.1 cm³/mol. The Morgan fingerprint density at radius 3 is 2.21 bits per heavy atom. The summed E-state index contributed by atoms with van der Waals surface area (Å²) in [6.07, 6.45) is 0. The number of aryl methyl sites for hydroxylation is 2. The van der Waals surface area contributed by atoms with Crippen LogP contribution in [0.4, 0.5) is 11.4 Å². The minimum absolute atomic E-state index is 0.0380. The third-order valence-electron chi connectivity index (χ3n) is 2.97. The number of halogens is 2. The number of hydrogen-bond donors (Lipinski definition) is 2. The summed E-state index contributed by atoms with van der Waals surface area (Å²) < 4.78 is 5.53. The zero-order valence-corrected chi connectivity index (χ0v) is 12.6. The summed E-state index contributed by atoms with van der Waals surface area (Å²) in [7, 11) is 0. The van der Waals surface area contributed by atoms with Crippen molar-refractivity contribution in [1.82, 2.24) is 0 Å². The second kappa shape index (κ2) is 5.35. The molecule has 0 radical (unpaired) electrons. The molecular formula is C14H16Cl2N2O. The molecule has 0 aliphatic carbocycles. The van der Waals surface area contributed by atoms with Crippen LogP contribution in [0.5, 0.6) is 0 Å². The fraction of sp³-hybridized carbons (Fsp3) is 0.286. The van der Waals surface area contributed by atoms with Gasteiger partial charge in [0.15, 0.2) is 0 Å². The van der Waals surface area contributed by atoms with Crippen molar-refractivity contribution in [3.63, 3.8) is 0 Å². The largest absolute Gasteiger partial charge is 0.466 e. The van der Waals surface area contributed by atoms with E-state index in [-0.39, 0.29) is 6.04 Å². The molecule has 0 amide bonds. The molecule has 0 aliphatic heterocycles. The lowest BCUT2D eigenvalue weighted by atomic mass is 10.1. The maximum Gasteiger partial charge on any atom is 0.106 e. The highest BCUT2D eigenvalue weighted by molar-refractivity contribution is 6.39. The molecule has 19 heavy (non-hydrogen) atoms. The van der Waals surface area contributed by atoms with Crippen LogP contribution < -0.4 is 11.1 Å². The van der Waals surface area contributed by atoms with E-state index in [1.54, 1.807) is 12.1 Å². The minimum atomic E-state index is 0.0380. The lowest BCUT2D eigenvalue weighted by molar-refractivity contribution is 0.500. The summed E-state index contributed by atoms with van der Waals surface area (Å²) in [5, 5.41) is 4.31. The summed E-state index contributed by atoms with van der Waals surface area (Å²) >= 11 is 12.3. The van der Waals surface area contributed by atoms with Crippen molar-refractivity contribution in [2.75, 3.05) is 11.1 Å². The Morgan fingerprint density at radius 1 is 1.16 bits per heavy atom. The molecule has 0 aliphatic rings. The van der Waals surface area contributed by atoms with E-state index in [4.69, 9.17) is 33.4 Å². The lowest BCUT2D eigenvalue weighted by Gasteiger charge is -2.17. The molecule has 1 aromatic carbocycles. The van der Waals surface area contributed by atoms with Gasteiger partial charge >= 0.3 is 0 Å². The highest BCUT2D eigenvalue weighted by atomic mass is 35.5. The molecule has 1 heterocycles. The average molecular weight is 299 g/mol. The van der Waals surface area contributed by atoms with Gasteiger partial charge in [-0.3, -0.25) is 0 Å². The van der Waals surface area contributed by atoms with Crippen molar-refractivity contribution in [1.29, 1.82) is 0 Å². The van der Waals surface area contributed by atoms with Gasteiger partial charge in [0.05, 0.1) is 21.8 Å². The molecule has 5 heteroatoms. The van der Waals surface area contributed by atoms with Crippen LogP contribution in [0.15, 0.2) is 22.6 Å². The van der Waals surface area contributed by atoms with E-state index in [0.29, 0.717) is 21.4 Å². The summed E-state index contributed by atoms with van der Waals surface area (Å²) in [6, 6.07) is 5.40. The maximum atomic E-state index is 6.16. The third kappa shape index (κ3) is 2.99. The summed E-state index contributed by atoms with van der Waals surface area (Å²) in [5.74, 6) is 1.77. The molecule has 0 fully saturated rings. The van der Waals surface area contributed by atoms with Crippen molar-refractivity contribution in [3.8, 4) is 0 Å². The molecule has 2 rings (SSSR count). The van der Waals surface area contributed by atoms with Crippen molar-refractivity contribution in [2.24, 2.45) is 0 Å². The number of anilines is 2. The molecule has 0 spiro atoms. The second-order valence-electron chi connectivity index (χ2n) is 4.59. The highest BCUT2D eigenvalue weighted by Gasteiger charge is 2.15. The van der Waals surface area contributed by atoms with Crippen molar-refractivity contribution >= 4 is 34.6 Å². The molecule has 2 aromatic rings. The van der Waals surface area contributed by atoms with Gasteiger partial charge in [0, 0.05) is 11.3 Å². The van der Waals surface area contributed by atoms with Gasteiger partial charge in [0.1, 0.15) is 11.5 Å². The van der Waals surface area contributed by atoms with E-state index >= 15 is 0 Å². The molecule has 1 aromatic heterocycles. The molecule has 3 N–H and O–H groups in total. The Bertz CT molecular complexity index is 584. The zero-order valence-electron chi connectivity index (χ0n) is 11.1. The Morgan fingerprint density at radius 2 is 1.74 bits per heavy atom. The van der Waals surface area contributed by atoms with Crippen LogP contribution in [-0.2, 0) is 0 Å². The van der Waals surface area contributed by atoms with Gasteiger partial charge < -0.3 is 15.5 Å². The van der Waals surface area contributed by atoms with E-state index in [1.807, 2.05) is 26.8 Å². The second-order valence-corrected chi connectivity index (χ2v) is 5.41. The number of hydrogen-bond acceptors (Lipinski definition) is 3. The predicted octanol–water partition coefficient (Wildman–Crippen LogP) is 4.96. The van der Waals surface area contributed by atoms with Crippen LogP contribution in [0.25, 0.3) is 0 Å². The van der Waals surface area contributed by atoms with Crippen molar-refractivity contribution in [2.45, 2.75) is 26.8 Å². The molecule has 1 unspecified atom stereocenters. The van der Waals surface area contributed by atoms with E-state index in [2.05, 4.69) is 5.32 Å². The topological polar surface area (TPSA) is 51.2 Å². The van der Waals surface area contributed by atoms with E-state index in [9.17, 15) is 0 Å². The van der Waals surface area contributed by atoms with Crippen LogP contribution in [0.1, 0.15) is 30.0 Å². The first-order valence-corrected chi connectivity index (χ1v) is 6.72. The number of nitrogen functional groups attached to an aromatic ring is 1. The quantitative estimate of drug-likeness (QED) is 0.788. The summed E-state index contributed by atoms with van der Waals surface area (Å²) in [5.41, 5.74) is 8.00. The Balaban J connectivity index is 2.29. The van der Waals surface area contributed by atoms with Crippen LogP contribution in [0.2, 0.25) is 10.0 Å². The van der Waals surface area contributed by atoms with E-state index in [1.165, 1.54) is 0 Å². The Hall–Kier alpha value is -1.32. The fourth-order valence-electron chi connectivity index (χ4n) is 2.11. The molecule has 1 atom stereocenters. The van der Waals surface area contributed by atoms with E-state index in [0.717, 1.165) is 17.1 Å². The van der Waals surface area contributed by atoms with Gasteiger partial charge in [-0.1, -0.05) is 23.2 Å². The number of rotatable bonds is 3. The molecule has 0 saturated heterocycles. The molecule has 0 bridgehead atoms. The van der Waals surface area contributed by atoms with Gasteiger partial charge in [0.25, 0.3) is 0 Å². The molecule has 0 saturated carbocycles. The smallest absolute Gasteiger partial charge is 0.106 e. The van der Waals surface area contributed by atoms with Crippen LogP contribution in [0, 0.1) is 13.8 Å². The van der Waals surface area contributed by atoms with Gasteiger partial charge in [0.2, 0.25) is 0 Å². The Kier molecular flexibility index (Phi) is 3.97. The van der Waals surface area contributed by atoms with Gasteiger partial charge in [-0.15, -0.1) is 0 Å². The van der Waals surface area contributed by atoms with Gasteiger partial charge in [-0.05, 0) is 39.0 Å². The number of benzene rings is 1. The molecule has 3 nitrogen and oxygen atoms in total. The average Bonchev–Trinajstić information content (AvgIpc) is 2.62. The normalized spacial score (nSPS) is 12.5. The Labute approximate surface area is 122 Å². The first-order valence-electron chi connectivity index (χ1n) is 5.96. The maximum absolute atomic E-state index is 6.16. The zero-order chi connectivity index (χ0) is 14.2.